The molecule has 0 radical (unpaired) electrons. The number of carbonyl (C=O) groups excluding carboxylic acids is 1. The van der Waals surface area contributed by atoms with Gasteiger partial charge in [0.05, 0.1) is 11.6 Å². The van der Waals surface area contributed by atoms with Gasteiger partial charge >= 0.3 is 0 Å². The highest BCUT2D eigenvalue weighted by Gasteiger charge is 2.14. The zero-order valence-corrected chi connectivity index (χ0v) is 11.3. The largest absolute Gasteiger partial charge is 0.337 e. The molecule has 0 fully saturated rings. The molecule has 0 aromatic heterocycles. The fourth-order valence-electron chi connectivity index (χ4n) is 1.88. The summed E-state index contributed by atoms with van der Waals surface area (Å²) in [5.41, 5.74) is 1.10. The van der Waals surface area contributed by atoms with Gasteiger partial charge in [0.1, 0.15) is 11.6 Å². The van der Waals surface area contributed by atoms with Gasteiger partial charge in [0.25, 0.3) is 5.91 Å². The first-order valence-corrected chi connectivity index (χ1v) is 6.21. The summed E-state index contributed by atoms with van der Waals surface area (Å²) in [4.78, 5) is 13.5. The third-order valence-corrected chi connectivity index (χ3v) is 3.03. The Labute approximate surface area is 121 Å². The van der Waals surface area contributed by atoms with E-state index in [1.54, 1.807) is 24.3 Å². The smallest absolute Gasteiger partial charge is 0.253 e. The molecule has 5 heteroatoms. The molecule has 106 valence electrons. The van der Waals surface area contributed by atoms with Gasteiger partial charge in [-0.25, -0.2) is 8.78 Å². The predicted molar refractivity (Wildman–Crippen MR) is 73.3 cm³/mol. The zero-order valence-electron chi connectivity index (χ0n) is 11.3. The van der Waals surface area contributed by atoms with Crippen LogP contribution in [0.25, 0.3) is 0 Å². The second-order valence-electron chi connectivity index (χ2n) is 4.59. The maximum Gasteiger partial charge on any atom is 0.253 e. The lowest BCUT2D eigenvalue weighted by Crippen LogP contribution is -2.26. The molecule has 0 aliphatic rings. The molecule has 0 heterocycles. The lowest BCUT2D eigenvalue weighted by atomic mass is 10.1. The Balaban J connectivity index is 2.13. The fourth-order valence-corrected chi connectivity index (χ4v) is 1.88. The van der Waals surface area contributed by atoms with Gasteiger partial charge in [0, 0.05) is 30.8 Å². The molecule has 0 aliphatic carbocycles. The molecular formula is C16H12F2N2O. The molecule has 0 N–H and O–H groups in total. The summed E-state index contributed by atoms with van der Waals surface area (Å²) < 4.78 is 26.4. The Morgan fingerprint density at radius 2 is 1.86 bits per heavy atom. The van der Waals surface area contributed by atoms with Gasteiger partial charge < -0.3 is 4.90 Å². The number of hydrogen-bond acceptors (Lipinski definition) is 2. The van der Waals surface area contributed by atoms with Crippen LogP contribution in [0.1, 0.15) is 21.5 Å². The molecule has 0 saturated carbocycles. The molecule has 0 atom stereocenters. The van der Waals surface area contributed by atoms with E-state index in [1.165, 1.54) is 18.0 Å². The summed E-state index contributed by atoms with van der Waals surface area (Å²) >= 11 is 0. The van der Waals surface area contributed by atoms with Gasteiger partial charge in [0.2, 0.25) is 0 Å². The van der Waals surface area contributed by atoms with Crippen molar-refractivity contribution in [3.8, 4) is 6.07 Å². The normalized spacial score (nSPS) is 10.0. The molecule has 2 aromatic carbocycles. The summed E-state index contributed by atoms with van der Waals surface area (Å²) in [5.74, 6) is -1.64. The molecule has 0 saturated heterocycles. The van der Waals surface area contributed by atoms with Gasteiger partial charge in [-0.05, 0) is 30.3 Å². The van der Waals surface area contributed by atoms with Crippen molar-refractivity contribution in [1.82, 2.24) is 4.90 Å². The van der Waals surface area contributed by atoms with Crippen molar-refractivity contribution in [3.05, 3.63) is 70.8 Å². The van der Waals surface area contributed by atoms with Crippen LogP contribution in [0.4, 0.5) is 8.78 Å². The molecule has 0 bridgehead atoms. The van der Waals surface area contributed by atoms with Crippen LogP contribution in [-0.4, -0.2) is 17.9 Å². The maximum absolute atomic E-state index is 13.6. The summed E-state index contributed by atoms with van der Waals surface area (Å²) in [7, 11) is 1.53. The minimum Gasteiger partial charge on any atom is -0.337 e. The minimum atomic E-state index is -0.686. The summed E-state index contributed by atoms with van der Waals surface area (Å²) in [6.45, 7) is 0.0327. The average Bonchev–Trinajstić information content (AvgIpc) is 2.49. The summed E-state index contributed by atoms with van der Waals surface area (Å²) in [5, 5.41) is 8.71. The van der Waals surface area contributed by atoms with Crippen LogP contribution < -0.4 is 0 Å². The predicted octanol–water partition coefficient (Wildman–Crippen LogP) is 3.11. The second kappa shape index (κ2) is 6.14. The van der Waals surface area contributed by atoms with Gasteiger partial charge in [-0.1, -0.05) is 6.07 Å². The van der Waals surface area contributed by atoms with E-state index in [9.17, 15) is 13.6 Å². The van der Waals surface area contributed by atoms with Gasteiger partial charge in [-0.2, -0.15) is 5.26 Å². The number of benzene rings is 2. The van der Waals surface area contributed by atoms with Crippen LogP contribution in [0, 0.1) is 23.0 Å². The topological polar surface area (TPSA) is 44.1 Å². The van der Waals surface area contributed by atoms with E-state index in [0.29, 0.717) is 11.1 Å². The summed E-state index contributed by atoms with van der Waals surface area (Å²) in [6.07, 6.45) is 0. The molecule has 0 spiro atoms. The van der Waals surface area contributed by atoms with Crippen LogP contribution in [0.2, 0.25) is 0 Å². The first-order chi connectivity index (χ1) is 10.0. The van der Waals surface area contributed by atoms with Gasteiger partial charge in [-0.15, -0.1) is 0 Å². The van der Waals surface area contributed by atoms with E-state index in [2.05, 4.69) is 0 Å². The number of nitriles is 1. The highest BCUT2D eigenvalue weighted by Crippen LogP contribution is 2.13. The van der Waals surface area contributed by atoms with E-state index < -0.39 is 11.6 Å². The van der Waals surface area contributed by atoms with E-state index in [1.807, 2.05) is 6.07 Å². The van der Waals surface area contributed by atoms with Crippen LogP contribution in [0.3, 0.4) is 0 Å². The number of rotatable bonds is 3. The van der Waals surface area contributed by atoms with Crippen LogP contribution in [0.5, 0.6) is 0 Å². The van der Waals surface area contributed by atoms with Crippen molar-refractivity contribution >= 4 is 5.91 Å². The molecule has 2 rings (SSSR count). The number of hydrogen-bond donors (Lipinski definition) is 0. The average molecular weight is 286 g/mol. The monoisotopic (exact) mass is 286 g/mol. The van der Waals surface area contributed by atoms with E-state index in [0.717, 1.165) is 12.1 Å². The SMILES string of the molecule is CN(Cc1ccc(F)cc1F)C(=O)c1ccc(C#N)cc1. The van der Waals surface area contributed by atoms with E-state index in [-0.39, 0.29) is 18.0 Å². The molecule has 21 heavy (non-hydrogen) atoms. The third kappa shape index (κ3) is 3.42. The molecule has 0 aliphatic heterocycles. The van der Waals surface area contributed by atoms with Crippen LogP contribution in [0.15, 0.2) is 42.5 Å². The van der Waals surface area contributed by atoms with Crippen molar-refractivity contribution in [2.24, 2.45) is 0 Å². The molecule has 2 aromatic rings. The standard InChI is InChI=1S/C16H12F2N2O/c1-20(10-13-6-7-14(17)8-15(13)18)16(21)12-4-2-11(9-19)3-5-12/h2-8H,10H2,1H3. The highest BCUT2D eigenvalue weighted by atomic mass is 19.1. The van der Waals surface area contributed by atoms with Crippen molar-refractivity contribution in [2.45, 2.75) is 6.54 Å². The number of carbonyl (C=O) groups is 1. The summed E-state index contributed by atoms with van der Waals surface area (Å²) in [6, 6.07) is 11.4. The Kier molecular flexibility index (Phi) is 4.29. The Bertz CT molecular complexity index is 705. The van der Waals surface area contributed by atoms with Crippen molar-refractivity contribution in [1.29, 1.82) is 5.26 Å². The minimum absolute atomic E-state index is 0.0327. The van der Waals surface area contributed by atoms with Gasteiger partial charge in [0.15, 0.2) is 0 Å². The molecule has 0 unspecified atom stereocenters. The highest BCUT2D eigenvalue weighted by molar-refractivity contribution is 5.94. The Morgan fingerprint density at radius 3 is 2.43 bits per heavy atom. The maximum atomic E-state index is 13.6. The number of nitrogens with zero attached hydrogens (tertiary/aromatic N) is 2. The lowest BCUT2D eigenvalue weighted by molar-refractivity contribution is 0.0784. The first-order valence-electron chi connectivity index (χ1n) is 6.21. The van der Waals surface area contributed by atoms with Gasteiger partial charge in [-0.3, -0.25) is 4.79 Å². The Morgan fingerprint density at radius 1 is 1.19 bits per heavy atom. The van der Waals surface area contributed by atoms with E-state index >= 15 is 0 Å². The van der Waals surface area contributed by atoms with Crippen LogP contribution >= 0.6 is 0 Å². The molecule has 3 nitrogen and oxygen atoms in total. The molecule has 1 amide bonds. The van der Waals surface area contributed by atoms with Crippen molar-refractivity contribution in [2.75, 3.05) is 7.05 Å². The van der Waals surface area contributed by atoms with Crippen molar-refractivity contribution in [3.63, 3.8) is 0 Å². The number of amides is 1. The third-order valence-electron chi connectivity index (χ3n) is 3.03. The quantitative estimate of drug-likeness (QED) is 0.870. The zero-order chi connectivity index (χ0) is 15.4. The fraction of sp³-hybridized carbons (Fsp3) is 0.125. The van der Waals surface area contributed by atoms with Crippen LogP contribution in [-0.2, 0) is 6.54 Å². The van der Waals surface area contributed by atoms with E-state index in [4.69, 9.17) is 5.26 Å². The number of halogens is 2. The first kappa shape index (κ1) is 14.7. The molecular weight excluding hydrogens is 274 g/mol. The lowest BCUT2D eigenvalue weighted by Gasteiger charge is -2.17. The Hall–Kier alpha value is -2.74. The second-order valence-corrected chi connectivity index (χ2v) is 4.59. The van der Waals surface area contributed by atoms with Crippen molar-refractivity contribution < 1.29 is 13.6 Å².